The SMILES string of the molecule is COCc1c(-c2ccc(NC(=O)Nc3cc(C(F)(F)F)ccn3)cc2)c2c(N)ncnn2c1CN1CCC(C(F)(F)F)CC1. The zero-order valence-corrected chi connectivity index (χ0v) is 23.3. The van der Waals surface area contributed by atoms with Crippen molar-refractivity contribution in [3.05, 3.63) is 65.7 Å². The lowest BCUT2D eigenvalue weighted by atomic mass is 9.96. The summed E-state index contributed by atoms with van der Waals surface area (Å²) in [5.74, 6) is -1.42. The number of nitrogens with two attached hydrogens (primary N) is 1. The summed E-state index contributed by atoms with van der Waals surface area (Å²) in [6.07, 6.45) is -6.56. The highest BCUT2D eigenvalue weighted by atomic mass is 19.4. The minimum atomic E-state index is -4.59. The number of carbonyl (C=O) groups is 1. The maximum Gasteiger partial charge on any atom is 0.416 e. The van der Waals surface area contributed by atoms with Crippen LogP contribution in [-0.4, -0.2) is 56.9 Å². The molecule has 3 aromatic heterocycles. The summed E-state index contributed by atoms with van der Waals surface area (Å²) in [4.78, 5) is 22.3. The van der Waals surface area contributed by atoms with Crippen molar-refractivity contribution < 1.29 is 35.9 Å². The largest absolute Gasteiger partial charge is 0.416 e. The lowest BCUT2D eigenvalue weighted by Crippen LogP contribution is -2.39. The summed E-state index contributed by atoms with van der Waals surface area (Å²) in [7, 11) is 1.52. The Balaban J connectivity index is 1.39. The zero-order chi connectivity index (χ0) is 31.6. The molecule has 1 saturated heterocycles. The van der Waals surface area contributed by atoms with Crippen LogP contribution in [0.5, 0.6) is 0 Å². The number of nitrogens with zero attached hydrogens (tertiary/aromatic N) is 5. The Kier molecular flexibility index (Phi) is 8.65. The predicted octanol–water partition coefficient (Wildman–Crippen LogP) is 5.96. The number of benzene rings is 1. The van der Waals surface area contributed by atoms with Gasteiger partial charge in [0.1, 0.15) is 17.7 Å². The molecule has 0 radical (unpaired) electrons. The first-order valence-electron chi connectivity index (χ1n) is 13.5. The van der Waals surface area contributed by atoms with Crippen molar-refractivity contribution in [1.29, 1.82) is 0 Å². The van der Waals surface area contributed by atoms with Gasteiger partial charge in [-0.2, -0.15) is 31.4 Å². The van der Waals surface area contributed by atoms with Crippen molar-refractivity contribution in [2.75, 3.05) is 36.6 Å². The first-order chi connectivity index (χ1) is 20.8. The molecule has 4 heterocycles. The van der Waals surface area contributed by atoms with E-state index in [-0.39, 0.29) is 44.2 Å². The van der Waals surface area contributed by atoms with Gasteiger partial charge in [-0.05, 0) is 55.8 Å². The van der Waals surface area contributed by atoms with Crippen LogP contribution in [0.2, 0.25) is 0 Å². The number of rotatable bonds is 7. The number of aromatic nitrogens is 4. The number of ether oxygens (including phenoxy) is 1. The Hall–Kier alpha value is -4.44. The van der Waals surface area contributed by atoms with Crippen LogP contribution in [-0.2, 0) is 24.1 Å². The van der Waals surface area contributed by atoms with Crippen molar-refractivity contribution in [3.63, 3.8) is 0 Å². The number of piperidine rings is 1. The number of pyridine rings is 1. The van der Waals surface area contributed by atoms with Crippen LogP contribution in [0.4, 0.5) is 48.5 Å². The van der Waals surface area contributed by atoms with E-state index in [9.17, 15) is 31.1 Å². The second-order valence-corrected chi connectivity index (χ2v) is 10.3. The quantitative estimate of drug-likeness (QED) is 0.218. The standard InChI is InChI=1S/C28H28F6N8O2/c1-44-14-20-21(13-41-10-7-17(8-11-41)27(29,30)31)42-24(25(35)37-15-38-42)23(20)16-2-4-19(5-3-16)39-26(43)40-22-12-18(6-9-36-22)28(32,33)34/h2-6,9,12,15,17H,7-8,10-11,13-14H2,1H3,(H2,35,37,38)(H2,36,39,40,43). The van der Waals surface area contributed by atoms with E-state index in [0.717, 1.165) is 23.9 Å². The third kappa shape index (κ3) is 6.70. The molecule has 4 aromatic rings. The lowest BCUT2D eigenvalue weighted by Gasteiger charge is -2.32. The zero-order valence-electron chi connectivity index (χ0n) is 23.3. The molecule has 1 aliphatic heterocycles. The highest BCUT2D eigenvalue weighted by Crippen LogP contribution is 2.38. The molecule has 234 valence electrons. The van der Waals surface area contributed by atoms with Crippen LogP contribution >= 0.6 is 0 Å². The molecule has 0 spiro atoms. The molecular formula is C28H28F6N8O2. The minimum absolute atomic E-state index is 0.00225. The number of amides is 2. The van der Waals surface area contributed by atoms with Crippen LogP contribution in [0, 0.1) is 5.92 Å². The molecule has 0 saturated carbocycles. The van der Waals surface area contributed by atoms with Gasteiger partial charge < -0.3 is 15.8 Å². The minimum Gasteiger partial charge on any atom is -0.382 e. The molecule has 1 aromatic carbocycles. The van der Waals surface area contributed by atoms with Crippen molar-refractivity contribution in [2.45, 2.75) is 38.3 Å². The fourth-order valence-corrected chi connectivity index (χ4v) is 5.30. The van der Waals surface area contributed by atoms with Gasteiger partial charge in [-0.1, -0.05) is 12.1 Å². The third-order valence-electron chi connectivity index (χ3n) is 7.43. The molecule has 4 N–H and O–H groups in total. The fraction of sp³-hybridized carbons (Fsp3) is 0.357. The van der Waals surface area contributed by atoms with Crippen LogP contribution in [0.3, 0.4) is 0 Å². The van der Waals surface area contributed by atoms with Gasteiger partial charge in [0.25, 0.3) is 0 Å². The van der Waals surface area contributed by atoms with E-state index in [1.165, 1.54) is 13.4 Å². The molecule has 0 atom stereocenters. The molecule has 5 rings (SSSR count). The maximum absolute atomic E-state index is 13.2. The second kappa shape index (κ2) is 12.3. The number of methoxy groups -OCH3 is 1. The third-order valence-corrected chi connectivity index (χ3v) is 7.43. The summed E-state index contributed by atoms with van der Waals surface area (Å²) in [6, 6.07) is 7.32. The van der Waals surface area contributed by atoms with Crippen LogP contribution < -0.4 is 16.4 Å². The number of halogens is 6. The molecule has 16 heteroatoms. The van der Waals surface area contributed by atoms with Crippen LogP contribution in [0.15, 0.2) is 48.9 Å². The number of hydrogen-bond donors (Lipinski definition) is 3. The van der Waals surface area contributed by atoms with E-state index in [2.05, 4.69) is 25.7 Å². The second-order valence-electron chi connectivity index (χ2n) is 10.3. The van der Waals surface area contributed by atoms with E-state index in [1.807, 2.05) is 4.90 Å². The smallest absolute Gasteiger partial charge is 0.382 e. The molecule has 2 amide bonds. The Bertz CT molecular complexity index is 1630. The average molecular weight is 623 g/mol. The molecular weight excluding hydrogens is 594 g/mol. The molecule has 44 heavy (non-hydrogen) atoms. The van der Waals surface area contributed by atoms with E-state index in [0.29, 0.717) is 34.6 Å². The molecule has 1 fully saturated rings. The number of likely N-dealkylation sites (tertiary alicyclic amines) is 1. The number of fused-ring (bicyclic) bond motifs is 1. The van der Waals surface area contributed by atoms with Crippen LogP contribution in [0.25, 0.3) is 16.6 Å². The number of anilines is 3. The molecule has 0 aliphatic carbocycles. The Morgan fingerprint density at radius 1 is 1.05 bits per heavy atom. The molecule has 1 aliphatic rings. The van der Waals surface area contributed by atoms with Gasteiger partial charge in [0.05, 0.1) is 23.8 Å². The Labute approximate surface area is 247 Å². The van der Waals surface area contributed by atoms with Gasteiger partial charge in [-0.15, -0.1) is 0 Å². The molecule has 10 nitrogen and oxygen atoms in total. The molecule has 0 unspecified atom stereocenters. The van der Waals surface area contributed by atoms with Crippen molar-refractivity contribution in [3.8, 4) is 11.1 Å². The highest BCUT2D eigenvalue weighted by molar-refractivity contribution is 5.99. The fourth-order valence-electron chi connectivity index (χ4n) is 5.30. The average Bonchev–Trinajstić information content (AvgIpc) is 3.27. The van der Waals surface area contributed by atoms with Gasteiger partial charge in [-0.3, -0.25) is 10.2 Å². The van der Waals surface area contributed by atoms with Gasteiger partial charge in [0.2, 0.25) is 0 Å². The van der Waals surface area contributed by atoms with Gasteiger partial charge >= 0.3 is 18.4 Å². The highest BCUT2D eigenvalue weighted by Gasteiger charge is 2.41. The van der Waals surface area contributed by atoms with E-state index < -0.39 is 29.9 Å². The summed E-state index contributed by atoms with van der Waals surface area (Å²) in [5, 5.41) is 9.22. The maximum atomic E-state index is 13.2. The lowest BCUT2D eigenvalue weighted by molar-refractivity contribution is -0.185. The topological polar surface area (TPSA) is 123 Å². The summed E-state index contributed by atoms with van der Waals surface area (Å²) in [6.45, 7) is 0.986. The van der Waals surface area contributed by atoms with Crippen LogP contribution in [0.1, 0.15) is 29.7 Å². The number of nitrogens with one attached hydrogen (secondary N) is 2. The first-order valence-corrected chi connectivity index (χ1v) is 13.5. The number of urea groups is 1. The number of hydrogen-bond acceptors (Lipinski definition) is 7. The van der Waals surface area contributed by atoms with Gasteiger partial charge in [0.15, 0.2) is 5.82 Å². The van der Waals surface area contributed by atoms with E-state index in [1.54, 1.807) is 28.8 Å². The summed E-state index contributed by atoms with van der Waals surface area (Å²) >= 11 is 0. The monoisotopic (exact) mass is 622 g/mol. The van der Waals surface area contributed by atoms with E-state index in [4.69, 9.17) is 10.5 Å². The first kappa shape index (κ1) is 31.0. The summed E-state index contributed by atoms with van der Waals surface area (Å²) in [5.41, 5.74) is 8.93. The van der Waals surface area contributed by atoms with Gasteiger partial charge in [0, 0.05) is 36.7 Å². The van der Waals surface area contributed by atoms with E-state index >= 15 is 0 Å². The predicted molar refractivity (Wildman–Crippen MR) is 149 cm³/mol. The van der Waals surface area contributed by atoms with Gasteiger partial charge in [-0.25, -0.2) is 19.3 Å². The Morgan fingerprint density at radius 2 is 1.75 bits per heavy atom. The van der Waals surface area contributed by atoms with Crippen molar-refractivity contribution in [1.82, 2.24) is 24.5 Å². The summed E-state index contributed by atoms with van der Waals surface area (Å²) < 4.78 is 85.7. The van der Waals surface area contributed by atoms with Crippen molar-refractivity contribution in [2.24, 2.45) is 5.92 Å². The Morgan fingerprint density at radius 3 is 2.39 bits per heavy atom. The molecule has 0 bridgehead atoms. The number of nitrogen functional groups attached to an aromatic ring is 1. The number of alkyl halides is 6. The number of carbonyl (C=O) groups excluding carboxylic acids is 1. The van der Waals surface area contributed by atoms with Crippen molar-refractivity contribution >= 4 is 28.9 Å². The normalized spacial score (nSPS) is 15.1.